The molecule has 6 N–H and O–H groups in total. The summed E-state index contributed by atoms with van der Waals surface area (Å²) in [4.78, 5) is 0. The van der Waals surface area contributed by atoms with E-state index in [4.69, 9.17) is 21.2 Å². The van der Waals surface area contributed by atoms with Gasteiger partial charge in [0, 0.05) is 12.5 Å². The molecular weight excluding hydrogens is 186 g/mol. The molecule has 0 fully saturated rings. The van der Waals surface area contributed by atoms with Crippen molar-refractivity contribution >= 4 is 5.84 Å². The molecule has 0 amide bonds. The molecule has 0 aliphatic carbocycles. The van der Waals surface area contributed by atoms with Crippen LogP contribution < -0.4 is 11.1 Å². The Labute approximate surface area is 83.4 Å². The van der Waals surface area contributed by atoms with Gasteiger partial charge in [0.2, 0.25) is 0 Å². The van der Waals surface area contributed by atoms with Crippen molar-refractivity contribution in [1.82, 2.24) is 5.32 Å². The van der Waals surface area contributed by atoms with E-state index in [9.17, 15) is 0 Å². The predicted molar refractivity (Wildman–Crippen MR) is 53.2 cm³/mol. The van der Waals surface area contributed by atoms with Gasteiger partial charge in [-0.25, -0.2) is 0 Å². The van der Waals surface area contributed by atoms with Gasteiger partial charge in [0.15, 0.2) is 0 Å². The first-order valence-electron chi connectivity index (χ1n) is 4.43. The average Bonchev–Trinajstić information content (AvgIpc) is 2.24. The molecule has 0 aromatic carbocycles. The number of nitrogens with one attached hydrogen (secondary N) is 1. The highest BCUT2D eigenvalue weighted by Crippen LogP contribution is 2.02. The highest BCUT2D eigenvalue weighted by Gasteiger charge is 2.22. The maximum absolute atomic E-state index is 8.96. The van der Waals surface area contributed by atoms with Crippen LogP contribution in [-0.4, -0.2) is 46.6 Å². The van der Waals surface area contributed by atoms with Crippen LogP contribution in [0.5, 0.6) is 0 Å². The summed E-state index contributed by atoms with van der Waals surface area (Å²) in [6.07, 6.45) is 0. The molecule has 6 heteroatoms. The molecule has 0 heterocycles. The molecule has 0 saturated carbocycles. The van der Waals surface area contributed by atoms with Crippen LogP contribution in [0.25, 0.3) is 0 Å². The Morgan fingerprint density at radius 1 is 1.50 bits per heavy atom. The van der Waals surface area contributed by atoms with E-state index in [0.29, 0.717) is 6.54 Å². The van der Waals surface area contributed by atoms with E-state index in [1.165, 1.54) is 0 Å². The van der Waals surface area contributed by atoms with E-state index in [1.807, 2.05) is 0 Å². The van der Waals surface area contributed by atoms with E-state index in [-0.39, 0.29) is 25.0 Å². The Morgan fingerprint density at radius 2 is 2.00 bits per heavy atom. The fraction of sp³-hybridized carbons (Fsp3) is 0.875. The first kappa shape index (κ1) is 13.2. The minimum Gasteiger partial charge on any atom is -0.409 e. The second kappa shape index (κ2) is 5.79. The molecule has 1 atom stereocenters. The zero-order valence-corrected chi connectivity index (χ0v) is 8.56. The van der Waals surface area contributed by atoms with Gasteiger partial charge in [0.25, 0.3) is 0 Å². The summed E-state index contributed by atoms with van der Waals surface area (Å²) >= 11 is 0. The monoisotopic (exact) mass is 205 g/mol. The standard InChI is InChI=1S/C8H19N3O3/c1-6(7(9)11-14)3-10-8(2,4-12)5-13/h6,10,12-14H,3-5H2,1-2H3,(H2,9,11). The SMILES string of the molecule is CC(CNC(C)(CO)CO)C(N)=NO. The van der Waals surface area contributed by atoms with Crippen molar-refractivity contribution < 1.29 is 15.4 Å². The Balaban J connectivity index is 4.04. The summed E-state index contributed by atoms with van der Waals surface area (Å²) in [5.41, 5.74) is 4.63. The maximum Gasteiger partial charge on any atom is 0.143 e. The molecule has 0 rings (SSSR count). The lowest BCUT2D eigenvalue weighted by Crippen LogP contribution is -2.51. The number of aliphatic hydroxyl groups is 2. The number of rotatable bonds is 6. The number of nitrogens with two attached hydrogens (primary N) is 1. The smallest absolute Gasteiger partial charge is 0.143 e. The lowest BCUT2D eigenvalue weighted by Gasteiger charge is -2.27. The van der Waals surface area contributed by atoms with Gasteiger partial charge in [-0.05, 0) is 6.92 Å². The molecule has 0 aromatic rings. The van der Waals surface area contributed by atoms with Crippen LogP contribution in [0.1, 0.15) is 13.8 Å². The van der Waals surface area contributed by atoms with Gasteiger partial charge >= 0.3 is 0 Å². The van der Waals surface area contributed by atoms with Gasteiger partial charge in [-0.2, -0.15) is 0 Å². The Kier molecular flexibility index (Phi) is 5.44. The van der Waals surface area contributed by atoms with Crippen molar-refractivity contribution in [3.05, 3.63) is 0 Å². The van der Waals surface area contributed by atoms with E-state index in [0.717, 1.165) is 0 Å². The number of aliphatic hydroxyl groups excluding tert-OH is 2. The zero-order valence-electron chi connectivity index (χ0n) is 8.56. The van der Waals surface area contributed by atoms with Crippen molar-refractivity contribution in [2.24, 2.45) is 16.8 Å². The maximum atomic E-state index is 8.96. The molecule has 0 aliphatic heterocycles. The normalized spacial score (nSPS) is 15.6. The average molecular weight is 205 g/mol. The Hall–Kier alpha value is -0.850. The molecule has 84 valence electrons. The molecule has 1 unspecified atom stereocenters. The minimum absolute atomic E-state index is 0.121. The van der Waals surface area contributed by atoms with E-state index < -0.39 is 5.54 Å². The Bertz CT molecular complexity index is 192. The van der Waals surface area contributed by atoms with Crippen LogP contribution >= 0.6 is 0 Å². The Morgan fingerprint density at radius 3 is 2.36 bits per heavy atom. The molecule has 0 bridgehead atoms. The number of nitrogens with zero attached hydrogens (tertiary/aromatic N) is 1. The first-order chi connectivity index (χ1) is 6.49. The van der Waals surface area contributed by atoms with Crippen molar-refractivity contribution in [3.63, 3.8) is 0 Å². The summed E-state index contributed by atoms with van der Waals surface area (Å²) in [6, 6.07) is 0. The zero-order chi connectivity index (χ0) is 11.2. The van der Waals surface area contributed by atoms with Crippen LogP contribution in [0.15, 0.2) is 5.16 Å². The highest BCUT2D eigenvalue weighted by molar-refractivity contribution is 5.82. The lowest BCUT2D eigenvalue weighted by molar-refractivity contribution is 0.103. The van der Waals surface area contributed by atoms with Crippen molar-refractivity contribution in [1.29, 1.82) is 0 Å². The molecule has 0 aromatic heterocycles. The summed E-state index contributed by atoms with van der Waals surface area (Å²) in [7, 11) is 0. The van der Waals surface area contributed by atoms with Gasteiger partial charge in [-0.15, -0.1) is 0 Å². The van der Waals surface area contributed by atoms with Gasteiger partial charge in [-0.1, -0.05) is 12.1 Å². The van der Waals surface area contributed by atoms with Gasteiger partial charge in [0.1, 0.15) is 5.84 Å². The molecule has 14 heavy (non-hydrogen) atoms. The van der Waals surface area contributed by atoms with E-state index >= 15 is 0 Å². The highest BCUT2D eigenvalue weighted by atomic mass is 16.4. The predicted octanol–water partition coefficient (Wildman–Crippen LogP) is -1.30. The van der Waals surface area contributed by atoms with Gasteiger partial charge < -0.3 is 26.5 Å². The molecule has 6 nitrogen and oxygen atoms in total. The largest absolute Gasteiger partial charge is 0.409 e. The van der Waals surface area contributed by atoms with Crippen LogP contribution in [-0.2, 0) is 0 Å². The van der Waals surface area contributed by atoms with Crippen molar-refractivity contribution in [2.45, 2.75) is 19.4 Å². The second-order valence-corrected chi connectivity index (χ2v) is 3.68. The van der Waals surface area contributed by atoms with Crippen LogP contribution in [0.2, 0.25) is 0 Å². The summed E-state index contributed by atoms with van der Waals surface area (Å²) in [5, 5.41) is 32.1. The van der Waals surface area contributed by atoms with Crippen LogP contribution in [0.3, 0.4) is 0 Å². The molecular formula is C8H19N3O3. The summed E-state index contributed by atoms with van der Waals surface area (Å²) in [6.45, 7) is 3.54. The van der Waals surface area contributed by atoms with Crippen molar-refractivity contribution in [3.8, 4) is 0 Å². The quantitative estimate of drug-likeness (QED) is 0.160. The lowest BCUT2D eigenvalue weighted by atomic mass is 10.0. The first-order valence-corrected chi connectivity index (χ1v) is 4.43. The molecule has 0 aliphatic rings. The third-order valence-electron chi connectivity index (χ3n) is 2.15. The number of hydrogen-bond acceptors (Lipinski definition) is 5. The third kappa shape index (κ3) is 3.91. The van der Waals surface area contributed by atoms with Gasteiger partial charge in [0.05, 0.1) is 18.8 Å². The fourth-order valence-corrected chi connectivity index (χ4v) is 0.764. The summed E-state index contributed by atoms with van der Waals surface area (Å²) in [5.74, 6) is -0.0341. The van der Waals surface area contributed by atoms with Crippen LogP contribution in [0, 0.1) is 5.92 Å². The van der Waals surface area contributed by atoms with E-state index in [1.54, 1.807) is 13.8 Å². The molecule has 0 saturated heterocycles. The van der Waals surface area contributed by atoms with Crippen LogP contribution in [0.4, 0.5) is 0 Å². The molecule has 0 spiro atoms. The molecule has 0 radical (unpaired) electrons. The van der Waals surface area contributed by atoms with Gasteiger partial charge in [-0.3, -0.25) is 0 Å². The number of oxime groups is 1. The number of hydrogen-bond donors (Lipinski definition) is 5. The third-order valence-corrected chi connectivity index (χ3v) is 2.15. The van der Waals surface area contributed by atoms with E-state index in [2.05, 4.69) is 10.5 Å². The fourth-order valence-electron chi connectivity index (χ4n) is 0.764. The topological polar surface area (TPSA) is 111 Å². The second-order valence-electron chi connectivity index (χ2n) is 3.68. The number of amidine groups is 1. The van der Waals surface area contributed by atoms with Crippen molar-refractivity contribution in [2.75, 3.05) is 19.8 Å². The minimum atomic E-state index is -0.732. The summed E-state index contributed by atoms with van der Waals surface area (Å²) < 4.78 is 0.